The summed E-state index contributed by atoms with van der Waals surface area (Å²) in [7, 11) is -3.45. The second-order valence-electron chi connectivity index (χ2n) is 6.60. The van der Waals surface area contributed by atoms with E-state index in [2.05, 4.69) is 15.5 Å². The lowest BCUT2D eigenvalue weighted by Crippen LogP contribution is -2.27. The summed E-state index contributed by atoms with van der Waals surface area (Å²) in [5, 5.41) is 7.36. The summed E-state index contributed by atoms with van der Waals surface area (Å²) in [6, 6.07) is 14.3. The standard InChI is InChI=1S/C20H19ClN4O2S2/c21-17-8-6-15(7-9-17)13-22-24-20-23-19(14-28-20)16-4-3-5-18(12-16)29(26,27)25-10-1-2-11-25/h3-9,12-14H,1-2,10-11H2,(H,23,24). The number of nitrogens with one attached hydrogen (secondary N) is 1. The Morgan fingerprint density at radius 1 is 1.14 bits per heavy atom. The zero-order valence-corrected chi connectivity index (χ0v) is 17.8. The van der Waals surface area contributed by atoms with Crippen LogP contribution in [0.2, 0.25) is 5.02 Å². The number of hydrogen-bond acceptors (Lipinski definition) is 6. The number of halogens is 1. The van der Waals surface area contributed by atoms with Crippen LogP contribution in [0.3, 0.4) is 0 Å². The van der Waals surface area contributed by atoms with E-state index in [9.17, 15) is 8.42 Å². The van der Waals surface area contributed by atoms with Crippen LogP contribution in [0.5, 0.6) is 0 Å². The van der Waals surface area contributed by atoms with Crippen molar-refractivity contribution in [1.29, 1.82) is 0 Å². The fourth-order valence-corrected chi connectivity index (χ4v) is 5.42. The Bertz CT molecular complexity index is 1120. The number of nitrogens with zero attached hydrogens (tertiary/aromatic N) is 3. The van der Waals surface area contributed by atoms with E-state index in [-0.39, 0.29) is 0 Å². The van der Waals surface area contributed by atoms with Crippen LogP contribution in [0.1, 0.15) is 18.4 Å². The maximum atomic E-state index is 12.8. The van der Waals surface area contributed by atoms with Crippen LogP contribution in [0.4, 0.5) is 5.13 Å². The number of benzene rings is 2. The molecule has 0 aliphatic carbocycles. The molecule has 1 N–H and O–H groups in total. The number of anilines is 1. The van der Waals surface area contributed by atoms with Gasteiger partial charge in [-0.3, -0.25) is 5.43 Å². The lowest BCUT2D eigenvalue weighted by atomic mass is 10.2. The van der Waals surface area contributed by atoms with E-state index >= 15 is 0 Å². The highest BCUT2D eigenvalue weighted by molar-refractivity contribution is 7.89. The molecule has 1 aliphatic rings. The van der Waals surface area contributed by atoms with Gasteiger partial charge < -0.3 is 0 Å². The molecule has 0 atom stereocenters. The van der Waals surface area contributed by atoms with E-state index in [4.69, 9.17) is 11.6 Å². The van der Waals surface area contributed by atoms with Gasteiger partial charge in [-0.05, 0) is 42.7 Å². The van der Waals surface area contributed by atoms with Crippen molar-refractivity contribution < 1.29 is 8.42 Å². The van der Waals surface area contributed by atoms with Gasteiger partial charge in [0.15, 0.2) is 0 Å². The Hall–Kier alpha value is -2.26. The van der Waals surface area contributed by atoms with Gasteiger partial charge in [-0.15, -0.1) is 11.3 Å². The van der Waals surface area contributed by atoms with E-state index in [0.717, 1.165) is 24.0 Å². The highest BCUT2D eigenvalue weighted by atomic mass is 35.5. The van der Waals surface area contributed by atoms with E-state index in [0.29, 0.717) is 33.8 Å². The zero-order chi connectivity index (χ0) is 20.3. The molecule has 0 amide bonds. The number of rotatable bonds is 6. The molecule has 0 radical (unpaired) electrons. The predicted octanol–water partition coefficient (Wildman–Crippen LogP) is 4.69. The first-order valence-electron chi connectivity index (χ1n) is 9.13. The van der Waals surface area contributed by atoms with E-state index in [1.165, 1.54) is 11.3 Å². The number of hydrogen-bond donors (Lipinski definition) is 1. The number of sulfonamides is 1. The maximum Gasteiger partial charge on any atom is 0.243 e. The molecule has 1 fully saturated rings. The average Bonchev–Trinajstić information content (AvgIpc) is 3.42. The summed E-state index contributed by atoms with van der Waals surface area (Å²) in [4.78, 5) is 4.82. The summed E-state index contributed by atoms with van der Waals surface area (Å²) < 4.78 is 27.1. The fourth-order valence-electron chi connectivity index (χ4n) is 3.06. The van der Waals surface area contributed by atoms with Gasteiger partial charge in [-0.2, -0.15) is 9.41 Å². The van der Waals surface area contributed by atoms with Crippen molar-refractivity contribution in [1.82, 2.24) is 9.29 Å². The van der Waals surface area contributed by atoms with E-state index in [1.54, 1.807) is 40.9 Å². The van der Waals surface area contributed by atoms with Crippen molar-refractivity contribution in [3.8, 4) is 11.3 Å². The molecule has 4 rings (SSSR count). The summed E-state index contributed by atoms with van der Waals surface area (Å²) >= 11 is 7.27. The van der Waals surface area contributed by atoms with Crippen LogP contribution in [-0.4, -0.2) is 37.0 Å². The Labute approximate surface area is 178 Å². The van der Waals surface area contributed by atoms with Gasteiger partial charge in [0, 0.05) is 29.1 Å². The van der Waals surface area contributed by atoms with Crippen molar-refractivity contribution in [3.05, 3.63) is 64.5 Å². The number of aromatic nitrogens is 1. The van der Waals surface area contributed by atoms with Crippen LogP contribution in [0.15, 0.2) is 63.9 Å². The van der Waals surface area contributed by atoms with Crippen molar-refractivity contribution in [2.24, 2.45) is 5.10 Å². The second-order valence-corrected chi connectivity index (χ2v) is 9.83. The first-order valence-corrected chi connectivity index (χ1v) is 11.8. The molecule has 9 heteroatoms. The highest BCUT2D eigenvalue weighted by Crippen LogP contribution is 2.28. The Kier molecular flexibility index (Phi) is 5.96. The summed E-state index contributed by atoms with van der Waals surface area (Å²) in [5.41, 5.74) is 5.29. The topological polar surface area (TPSA) is 74.7 Å². The molecule has 1 aromatic heterocycles. The van der Waals surface area contributed by atoms with Crippen LogP contribution < -0.4 is 5.43 Å². The monoisotopic (exact) mass is 446 g/mol. The van der Waals surface area contributed by atoms with Crippen LogP contribution >= 0.6 is 22.9 Å². The minimum atomic E-state index is -3.45. The summed E-state index contributed by atoms with van der Waals surface area (Å²) in [6.45, 7) is 1.17. The first kappa shape index (κ1) is 20.0. The third-order valence-corrected chi connectivity index (χ3v) is 7.47. The summed E-state index contributed by atoms with van der Waals surface area (Å²) in [5.74, 6) is 0. The zero-order valence-electron chi connectivity index (χ0n) is 15.5. The van der Waals surface area contributed by atoms with Crippen molar-refractivity contribution in [2.45, 2.75) is 17.7 Å². The number of hydrazone groups is 1. The maximum absolute atomic E-state index is 12.8. The second kappa shape index (κ2) is 8.62. The van der Waals surface area contributed by atoms with Crippen molar-refractivity contribution >= 4 is 44.3 Å². The van der Waals surface area contributed by atoms with Gasteiger partial charge in [-0.1, -0.05) is 35.9 Å². The molecule has 0 spiro atoms. The normalized spacial score (nSPS) is 15.2. The summed E-state index contributed by atoms with van der Waals surface area (Å²) in [6.07, 6.45) is 3.51. The molecular formula is C20H19ClN4O2S2. The fraction of sp³-hybridized carbons (Fsp3) is 0.200. The third kappa shape index (κ3) is 4.67. The Morgan fingerprint density at radius 3 is 2.66 bits per heavy atom. The molecule has 2 aromatic carbocycles. The Morgan fingerprint density at radius 2 is 1.90 bits per heavy atom. The average molecular weight is 447 g/mol. The van der Waals surface area contributed by atoms with Crippen LogP contribution in [-0.2, 0) is 10.0 Å². The molecule has 2 heterocycles. The van der Waals surface area contributed by atoms with E-state index < -0.39 is 10.0 Å². The number of thiazole rings is 1. The van der Waals surface area contributed by atoms with Crippen LogP contribution in [0, 0.1) is 0 Å². The molecule has 29 heavy (non-hydrogen) atoms. The van der Waals surface area contributed by atoms with Gasteiger partial charge in [0.25, 0.3) is 0 Å². The van der Waals surface area contributed by atoms with Gasteiger partial charge in [0.2, 0.25) is 15.2 Å². The molecule has 0 saturated carbocycles. The lowest BCUT2D eigenvalue weighted by Gasteiger charge is -2.15. The minimum Gasteiger partial charge on any atom is -0.253 e. The first-order chi connectivity index (χ1) is 14.0. The molecule has 6 nitrogen and oxygen atoms in total. The SMILES string of the molecule is O=S(=O)(c1cccc(-c2csc(NN=Cc3ccc(Cl)cc3)n2)c1)N1CCCC1. The Balaban J connectivity index is 1.48. The van der Waals surface area contributed by atoms with Crippen LogP contribution in [0.25, 0.3) is 11.3 Å². The molecule has 0 bridgehead atoms. The van der Waals surface area contributed by atoms with Gasteiger partial charge >= 0.3 is 0 Å². The molecule has 3 aromatic rings. The van der Waals surface area contributed by atoms with Crippen molar-refractivity contribution in [3.63, 3.8) is 0 Å². The molecule has 1 saturated heterocycles. The van der Waals surface area contributed by atoms with Gasteiger partial charge in [0.1, 0.15) is 0 Å². The largest absolute Gasteiger partial charge is 0.253 e. The molecule has 150 valence electrons. The van der Waals surface area contributed by atoms with Gasteiger partial charge in [0.05, 0.1) is 16.8 Å². The minimum absolute atomic E-state index is 0.306. The lowest BCUT2D eigenvalue weighted by molar-refractivity contribution is 0.477. The molecule has 0 unspecified atom stereocenters. The smallest absolute Gasteiger partial charge is 0.243 e. The predicted molar refractivity (Wildman–Crippen MR) is 118 cm³/mol. The quantitative estimate of drug-likeness (QED) is 0.440. The van der Waals surface area contributed by atoms with Crippen molar-refractivity contribution in [2.75, 3.05) is 18.5 Å². The highest BCUT2D eigenvalue weighted by Gasteiger charge is 2.27. The third-order valence-electron chi connectivity index (χ3n) is 4.58. The van der Waals surface area contributed by atoms with Gasteiger partial charge in [-0.25, -0.2) is 13.4 Å². The molecular weight excluding hydrogens is 428 g/mol. The van der Waals surface area contributed by atoms with E-state index in [1.807, 2.05) is 23.6 Å². The molecule has 1 aliphatic heterocycles.